The summed E-state index contributed by atoms with van der Waals surface area (Å²) in [7, 11) is 0. The monoisotopic (exact) mass is 323 g/mol. The molecule has 0 aliphatic carbocycles. The van der Waals surface area contributed by atoms with Gasteiger partial charge in [-0.3, -0.25) is 0 Å². The van der Waals surface area contributed by atoms with Crippen molar-refractivity contribution in [3.63, 3.8) is 0 Å². The van der Waals surface area contributed by atoms with E-state index < -0.39 is 5.82 Å². The fraction of sp³-hybridized carbons (Fsp3) is 0.0556. The Kier molecular flexibility index (Phi) is 4.65. The van der Waals surface area contributed by atoms with Crippen LogP contribution in [0.1, 0.15) is 16.8 Å². The van der Waals surface area contributed by atoms with Crippen molar-refractivity contribution in [2.45, 2.75) is 11.3 Å². The molecule has 0 saturated carbocycles. The molecule has 0 aliphatic heterocycles. The first-order valence-electron chi connectivity index (χ1n) is 7.08. The molecule has 0 radical (unpaired) electrons. The fourth-order valence-corrected chi connectivity index (χ4v) is 2.89. The minimum atomic E-state index is -0.434. The Morgan fingerprint density at radius 2 is 1.96 bits per heavy atom. The summed E-state index contributed by atoms with van der Waals surface area (Å²) >= 11 is 1.33. The second-order valence-corrected chi connectivity index (χ2v) is 5.91. The van der Waals surface area contributed by atoms with Crippen molar-refractivity contribution in [1.82, 2.24) is 4.98 Å². The third-order valence-corrected chi connectivity index (χ3v) is 4.12. The molecule has 2 aromatic carbocycles. The van der Waals surface area contributed by atoms with Crippen LogP contribution >= 0.6 is 11.9 Å². The van der Waals surface area contributed by atoms with Gasteiger partial charge in [0, 0.05) is 23.2 Å². The van der Waals surface area contributed by atoms with Gasteiger partial charge in [0.05, 0.1) is 17.3 Å². The first-order valence-corrected chi connectivity index (χ1v) is 7.90. The number of halogens is 1. The first kappa shape index (κ1) is 15.2. The van der Waals surface area contributed by atoms with E-state index in [1.165, 1.54) is 23.6 Å². The number of aromatic nitrogens is 1. The largest absolute Gasteiger partial charge is 0.364 e. The molecule has 3 rings (SSSR count). The molecule has 0 bridgehead atoms. The van der Waals surface area contributed by atoms with Gasteiger partial charge in [-0.25, -0.2) is 4.39 Å². The van der Waals surface area contributed by atoms with Crippen LogP contribution in [0.2, 0.25) is 0 Å². The molecule has 0 spiro atoms. The van der Waals surface area contributed by atoms with Gasteiger partial charge in [0.2, 0.25) is 0 Å². The number of aromatic amines is 1. The summed E-state index contributed by atoms with van der Waals surface area (Å²) in [5.74, 6) is -0.434. The Morgan fingerprint density at radius 3 is 2.70 bits per heavy atom. The van der Waals surface area contributed by atoms with E-state index in [-0.39, 0.29) is 0 Å². The summed E-state index contributed by atoms with van der Waals surface area (Å²) in [6.45, 7) is 0. The first-order chi connectivity index (χ1) is 11.2. The molecule has 5 heteroatoms. The number of rotatable bonds is 5. The third-order valence-electron chi connectivity index (χ3n) is 3.33. The fourth-order valence-electron chi connectivity index (χ4n) is 2.18. The molecule has 1 heterocycles. The van der Waals surface area contributed by atoms with E-state index in [2.05, 4.69) is 21.8 Å². The number of nitrogens with zero attached hydrogens (tertiary/aromatic N) is 1. The standard InChI is InChI=1S/C18H14FN3S/c19-17-9-14(11-20)6-7-18(17)22-23-16-10-15(21-12-16)8-13-4-2-1-3-5-13/h1-7,9-10,12,21-22H,8H2. The van der Waals surface area contributed by atoms with Crippen molar-refractivity contribution in [2.24, 2.45) is 0 Å². The minimum absolute atomic E-state index is 0.310. The number of anilines is 1. The molecule has 0 unspecified atom stereocenters. The third kappa shape index (κ3) is 3.93. The summed E-state index contributed by atoms with van der Waals surface area (Å²) in [5, 5.41) is 8.74. The van der Waals surface area contributed by atoms with E-state index in [1.54, 1.807) is 12.1 Å². The predicted octanol–water partition coefficient (Wildman–Crippen LogP) is 4.74. The summed E-state index contributed by atoms with van der Waals surface area (Å²) in [5.41, 5.74) is 3.00. The van der Waals surface area contributed by atoms with Gasteiger partial charge in [-0.1, -0.05) is 30.3 Å². The average molecular weight is 323 g/mol. The number of nitriles is 1. The van der Waals surface area contributed by atoms with Crippen molar-refractivity contribution in [2.75, 3.05) is 4.72 Å². The lowest BCUT2D eigenvalue weighted by molar-refractivity contribution is 0.632. The van der Waals surface area contributed by atoms with Crippen molar-refractivity contribution in [3.05, 3.63) is 83.4 Å². The minimum Gasteiger partial charge on any atom is -0.364 e. The van der Waals surface area contributed by atoms with E-state index in [4.69, 9.17) is 5.26 Å². The quantitative estimate of drug-likeness (QED) is 0.667. The van der Waals surface area contributed by atoms with Crippen LogP contribution in [0.15, 0.2) is 65.7 Å². The molecule has 3 nitrogen and oxygen atoms in total. The summed E-state index contributed by atoms with van der Waals surface area (Å²) in [4.78, 5) is 4.20. The van der Waals surface area contributed by atoms with Crippen LogP contribution in [0.5, 0.6) is 0 Å². The Balaban J connectivity index is 1.62. The average Bonchev–Trinajstić information content (AvgIpc) is 3.02. The smallest absolute Gasteiger partial charge is 0.148 e. The van der Waals surface area contributed by atoms with Gasteiger partial charge >= 0.3 is 0 Å². The molecule has 0 amide bonds. The second-order valence-electron chi connectivity index (χ2n) is 5.03. The zero-order valence-corrected chi connectivity index (χ0v) is 13.0. The van der Waals surface area contributed by atoms with Crippen LogP contribution in [0.3, 0.4) is 0 Å². The van der Waals surface area contributed by atoms with Crippen LogP contribution in [0.25, 0.3) is 0 Å². The van der Waals surface area contributed by atoms with E-state index in [9.17, 15) is 4.39 Å². The highest BCUT2D eigenvalue weighted by molar-refractivity contribution is 8.00. The number of H-pyrrole nitrogens is 1. The lowest BCUT2D eigenvalue weighted by Gasteiger charge is -2.05. The van der Waals surface area contributed by atoms with Gasteiger partial charge in [-0.05, 0) is 41.8 Å². The van der Waals surface area contributed by atoms with Crippen molar-refractivity contribution < 1.29 is 4.39 Å². The molecule has 0 atom stereocenters. The van der Waals surface area contributed by atoms with Gasteiger partial charge in [-0.15, -0.1) is 0 Å². The van der Waals surface area contributed by atoms with Crippen LogP contribution in [0, 0.1) is 17.1 Å². The maximum absolute atomic E-state index is 13.8. The Morgan fingerprint density at radius 1 is 1.13 bits per heavy atom. The molecule has 0 aliphatic rings. The second kappa shape index (κ2) is 7.03. The number of nitrogens with one attached hydrogen (secondary N) is 2. The van der Waals surface area contributed by atoms with Crippen LogP contribution in [-0.2, 0) is 6.42 Å². The Bertz CT molecular complexity index is 837. The molecule has 3 aromatic rings. The maximum Gasteiger partial charge on any atom is 0.148 e. The van der Waals surface area contributed by atoms with Gasteiger partial charge in [0.1, 0.15) is 5.82 Å². The lowest BCUT2D eigenvalue weighted by Crippen LogP contribution is -1.91. The highest BCUT2D eigenvalue weighted by atomic mass is 32.2. The summed E-state index contributed by atoms with van der Waals surface area (Å²) < 4.78 is 16.8. The van der Waals surface area contributed by atoms with Gasteiger partial charge in [0.25, 0.3) is 0 Å². The summed E-state index contributed by atoms with van der Waals surface area (Å²) in [6.07, 6.45) is 2.71. The normalized spacial score (nSPS) is 10.3. The lowest BCUT2D eigenvalue weighted by atomic mass is 10.1. The van der Waals surface area contributed by atoms with Gasteiger partial charge in [-0.2, -0.15) is 5.26 Å². The Hall–Kier alpha value is -2.71. The predicted molar refractivity (Wildman–Crippen MR) is 90.6 cm³/mol. The molecule has 23 heavy (non-hydrogen) atoms. The maximum atomic E-state index is 13.8. The zero-order valence-electron chi connectivity index (χ0n) is 12.2. The molecule has 0 fully saturated rings. The van der Waals surface area contributed by atoms with Gasteiger partial charge < -0.3 is 9.71 Å². The topological polar surface area (TPSA) is 51.6 Å². The number of benzene rings is 2. The molecular weight excluding hydrogens is 309 g/mol. The number of hydrogen-bond acceptors (Lipinski definition) is 3. The number of hydrogen-bond donors (Lipinski definition) is 2. The van der Waals surface area contributed by atoms with E-state index in [0.717, 1.165) is 17.0 Å². The van der Waals surface area contributed by atoms with Gasteiger partial charge in [0.15, 0.2) is 0 Å². The highest BCUT2D eigenvalue weighted by Crippen LogP contribution is 2.25. The zero-order chi connectivity index (χ0) is 16.1. The SMILES string of the molecule is N#Cc1ccc(NSc2c[nH]c(Cc3ccccc3)c2)c(F)c1. The molecule has 0 saturated heterocycles. The van der Waals surface area contributed by atoms with E-state index in [1.807, 2.05) is 36.5 Å². The summed E-state index contributed by atoms with van der Waals surface area (Å²) in [6, 6.07) is 18.5. The van der Waals surface area contributed by atoms with Crippen molar-refractivity contribution in [1.29, 1.82) is 5.26 Å². The van der Waals surface area contributed by atoms with Crippen molar-refractivity contribution >= 4 is 17.6 Å². The highest BCUT2D eigenvalue weighted by Gasteiger charge is 2.05. The molecule has 114 valence electrons. The van der Waals surface area contributed by atoms with Crippen LogP contribution < -0.4 is 4.72 Å². The Labute approximate surface area is 138 Å². The van der Waals surface area contributed by atoms with Crippen molar-refractivity contribution in [3.8, 4) is 6.07 Å². The molecular formula is C18H14FN3S. The van der Waals surface area contributed by atoms with E-state index in [0.29, 0.717) is 11.3 Å². The van der Waals surface area contributed by atoms with E-state index >= 15 is 0 Å². The molecule has 1 aromatic heterocycles. The van der Waals surface area contributed by atoms with Crippen LogP contribution in [0.4, 0.5) is 10.1 Å². The molecule has 2 N–H and O–H groups in total. The van der Waals surface area contributed by atoms with Crippen LogP contribution in [-0.4, -0.2) is 4.98 Å².